The van der Waals surface area contributed by atoms with Crippen LogP contribution in [0, 0.1) is 29.5 Å². The fourth-order valence-electron chi connectivity index (χ4n) is 5.32. The van der Waals surface area contributed by atoms with Crippen molar-refractivity contribution in [2.45, 2.75) is 24.5 Å². The number of anilines is 2. The van der Waals surface area contributed by atoms with Gasteiger partial charge in [-0.05, 0) is 49.1 Å². The molecule has 2 saturated carbocycles. The SMILES string of the molecule is NC(=O)[C@H]1[C@@H]2C[C@H]3[C@H]1Cc1nc(ncc1F)Nc1cccc(c1)OCCS[C@@H]3C2. The van der Waals surface area contributed by atoms with Crippen LogP contribution < -0.4 is 15.8 Å². The van der Waals surface area contributed by atoms with Crippen LogP contribution in [0.15, 0.2) is 30.5 Å². The van der Waals surface area contributed by atoms with E-state index in [9.17, 15) is 9.18 Å². The monoisotopic (exact) mass is 414 g/mol. The molecule has 2 heterocycles. The molecule has 3 aliphatic rings. The van der Waals surface area contributed by atoms with Crippen LogP contribution in [0.1, 0.15) is 18.5 Å². The topological polar surface area (TPSA) is 90.1 Å². The highest BCUT2D eigenvalue weighted by Gasteiger charge is 2.54. The number of hydrogen-bond acceptors (Lipinski definition) is 6. The van der Waals surface area contributed by atoms with Gasteiger partial charge in [-0.25, -0.2) is 14.4 Å². The van der Waals surface area contributed by atoms with Crippen LogP contribution in [0.3, 0.4) is 0 Å². The molecule has 0 spiro atoms. The van der Waals surface area contributed by atoms with Crippen molar-refractivity contribution in [1.82, 2.24) is 9.97 Å². The van der Waals surface area contributed by atoms with Gasteiger partial charge in [0, 0.05) is 28.7 Å². The molecule has 0 unspecified atom stereocenters. The Kier molecular flexibility index (Phi) is 4.81. The number of carbonyl (C=O) groups is 1. The third-order valence-corrected chi connectivity index (χ3v) is 7.83. The molecule has 3 N–H and O–H groups in total. The number of aromatic nitrogens is 2. The Morgan fingerprint density at radius 1 is 1.31 bits per heavy atom. The minimum absolute atomic E-state index is 0.0214. The highest BCUT2D eigenvalue weighted by molar-refractivity contribution is 7.99. The third kappa shape index (κ3) is 3.54. The molecular formula is C21H23FN4O2S. The van der Waals surface area contributed by atoms with E-state index in [0.29, 0.717) is 35.8 Å². The molecule has 2 aliphatic carbocycles. The lowest BCUT2D eigenvalue weighted by Crippen LogP contribution is -2.39. The van der Waals surface area contributed by atoms with Crippen LogP contribution in [0.4, 0.5) is 16.0 Å². The number of benzene rings is 1. The molecule has 152 valence electrons. The highest BCUT2D eigenvalue weighted by Crippen LogP contribution is 2.56. The van der Waals surface area contributed by atoms with Gasteiger partial charge in [0.05, 0.1) is 18.5 Å². The van der Waals surface area contributed by atoms with Crippen molar-refractivity contribution in [2.75, 3.05) is 17.7 Å². The first-order valence-corrected chi connectivity index (χ1v) is 11.1. The van der Waals surface area contributed by atoms with Gasteiger partial charge in [-0.1, -0.05) is 6.07 Å². The second-order valence-electron chi connectivity index (χ2n) is 8.09. The number of hydrogen-bond donors (Lipinski definition) is 2. The normalized spacial score (nSPS) is 30.6. The van der Waals surface area contributed by atoms with Gasteiger partial charge in [0.1, 0.15) is 5.75 Å². The molecule has 1 aliphatic heterocycles. The van der Waals surface area contributed by atoms with Crippen molar-refractivity contribution >= 4 is 29.3 Å². The molecule has 0 saturated heterocycles. The Bertz CT molecular complexity index is 943. The van der Waals surface area contributed by atoms with Crippen LogP contribution in [0.2, 0.25) is 0 Å². The number of halogens is 1. The van der Waals surface area contributed by atoms with Gasteiger partial charge in [-0.15, -0.1) is 0 Å². The molecule has 1 aromatic heterocycles. The van der Waals surface area contributed by atoms with Crippen LogP contribution in [-0.2, 0) is 11.2 Å². The molecule has 5 atom stereocenters. The maximum Gasteiger partial charge on any atom is 0.227 e. The number of nitrogens with two attached hydrogens (primary N) is 1. The Morgan fingerprint density at radius 2 is 2.21 bits per heavy atom. The number of nitrogens with zero attached hydrogens (tertiary/aromatic N) is 2. The lowest BCUT2D eigenvalue weighted by atomic mass is 9.76. The molecule has 1 aromatic carbocycles. The predicted molar refractivity (Wildman–Crippen MR) is 110 cm³/mol. The van der Waals surface area contributed by atoms with Gasteiger partial charge in [0.2, 0.25) is 11.9 Å². The predicted octanol–water partition coefficient (Wildman–Crippen LogP) is 3.15. The van der Waals surface area contributed by atoms with Crippen molar-refractivity contribution < 1.29 is 13.9 Å². The van der Waals surface area contributed by atoms with Gasteiger partial charge >= 0.3 is 0 Å². The van der Waals surface area contributed by atoms with Crippen LogP contribution in [0.5, 0.6) is 5.75 Å². The lowest BCUT2D eigenvalue weighted by Gasteiger charge is -2.34. The first kappa shape index (κ1) is 18.7. The zero-order valence-electron chi connectivity index (χ0n) is 15.9. The number of carbonyl (C=O) groups excluding carboxylic acids is 1. The quantitative estimate of drug-likeness (QED) is 0.745. The van der Waals surface area contributed by atoms with Crippen LogP contribution in [-0.4, -0.2) is 33.5 Å². The third-order valence-electron chi connectivity index (χ3n) is 6.46. The molecule has 6 nitrogen and oxygen atoms in total. The average Bonchev–Trinajstić information content (AvgIpc) is 3.26. The average molecular weight is 415 g/mol. The molecule has 2 fully saturated rings. The van der Waals surface area contributed by atoms with Crippen LogP contribution >= 0.6 is 11.8 Å². The van der Waals surface area contributed by atoms with Gasteiger partial charge in [0.25, 0.3) is 0 Å². The first-order valence-electron chi connectivity index (χ1n) is 10.0. The zero-order chi connectivity index (χ0) is 20.0. The Hall–Kier alpha value is -2.35. The molecule has 5 rings (SSSR count). The summed E-state index contributed by atoms with van der Waals surface area (Å²) >= 11 is 1.90. The second kappa shape index (κ2) is 7.48. The summed E-state index contributed by atoms with van der Waals surface area (Å²) in [5.41, 5.74) is 6.87. The van der Waals surface area contributed by atoms with Crippen molar-refractivity contribution in [3.05, 3.63) is 42.0 Å². The van der Waals surface area contributed by atoms with Crippen molar-refractivity contribution in [1.29, 1.82) is 0 Å². The van der Waals surface area contributed by atoms with Crippen molar-refractivity contribution in [3.63, 3.8) is 0 Å². The number of ether oxygens (including phenoxy) is 1. The van der Waals surface area contributed by atoms with Crippen molar-refractivity contribution in [3.8, 4) is 5.75 Å². The molecule has 8 heteroatoms. The summed E-state index contributed by atoms with van der Waals surface area (Å²) in [6.45, 7) is 0.616. The van der Waals surface area contributed by atoms with Gasteiger partial charge in [-0.2, -0.15) is 11.8 Å². The highest BCUT2D eigenvalue weighted by atomic mass is 32.2. The Labute approximate surface area is 172 Å². The maximum absolute atomic E-state index is 14.6. The van der Waals surface area contributed by atoms with E-state index in [1.165, 1.54) is 6.20 Å². The Balaban J connectivity index is 1.51. The first-order chi connectivity index (χ1) is 14.1. The number of amides is 1. The minimum Gasteiger partial charge on any atom is -0.493 e. The fourth-order valence-corrected chi connectivity index (χ4v) is 6.75. The summed E-state index contributed by atoms with van der Waals surface area (Å²) in [5.74, 6) is 1.72. The zero-order valence-corrected chi connectivity index (χ0v) is 16.7. The maximum atomic E-state index is 14.6. The summed E-state index contributed by atoms with van der Waals surface area (Å²) in [4.78, 5) is 20.7. The largest absolute Gasteiger partial charge is 0.493 e. The molecule has 1 amide bonds. The van der Waals surface area contributed by atoms with E-state index >= 15 is 0 Å². The fraction of sp³-hybridized carbons (Fsp3) is 0.476. The van der Waals surface area contributed by atoms with Gasteiger partial charge in [-0.3, -0.25) is 4.79 Å². The molecule has 6 bridgehead atoms. The second-order valence-corrected chi connectivity index (χ2v) is 9.44. The Morgan fingerprint density at radius 3 is 3.07 bits per heavy atom. The summed E-state index contributed by atoms with van der Waals surface area (Å²) in [6.07, 6.45) is 3.58. The van der Waals surface area contributed by atoms with E-state index in [4.69, 9.17) is 10.5 Å². The van der Waals surface area contributed by atoms with E-state index in [-0.39, 0.29) is 23.7 Å². The van der Waals surface area contributed by atoms with E-state index in [2.05, 4.69) is 15.3 Å². The summed E-state index contributed by atoms with van der Waals surface area (Å²) in [6, 6.07) is 7.58. The van der Waals surface area contributed by atoms with Gasteiger partial charge < -0.3 is 15.8 Å². The summed E-state index contributed by atoms with van der Waals surface area (Å²) in [5, 5.41) is 3.57. The standard InChI is InChI=1S/C21H23FN4O2S/c22-16-10-24-21-25-12-2-1-3-13(8-12)28-4-5-29-18-7-11-6-14(18)15(9-17(16)26-21)19(11)20(23)27/h1-3,8,10-11,14-15,18-19H,4-7,9H2,(H2,23,27)(H,24,25,26)/t11-,14+,15-,18-,19+/m1/s1. The number of primary amides is 1. The molecular weight excluding hydrogens is 391 g/mol. The van der Waals surface area contributed by atoms with Crippen molar-refractivity contribution in [2.24, 2.45) is 29.4 Å². The summed E-state index contributed by atoms with van der Waals surface area (Å²) < 4.78 is 20.5. The minimum atomic E-state index is -0.438. The number of rotatable bonds is 1. The molecule has 2 aromatic rings. The smallest absolute Gasteiger partial charge is 0.227 e. The molecule has 29 heavy (non-hydrogen) atoms. The van der Waals surface area contributed by atoms with Crippen LogP contribution in [0.25, 0.3) is 0 Å². The van der Waals surface area contributed by atoms with E-state index in [1.807, 2.05) is 36.0 Å². The molecule has 0 radical (unpaired) electrons. The number of nitrogens with one attached hydrogen (secondary N) is 1. The van der Waals surface area contributed by atoms with E-state index in [1.54, 1.807) is 0 Å². The van der Waals surface area contributed by atoms with E-state index in [0.717, 1.165) is 30.0 Å². The van der Waals surface area contributed by atoms with E-state index < -0.39 is 5.82 Å². The number of thioether (sulfide) groups is 1. The number of fused-ring (bicyclic) bond motifs is 5. The van der Waals surface area contributed by atoms with Gasteiger partial charge in [0.15, 0.2) is 5.82 Å². The summed E-state index contributed by atoms with van der Waals surface area (Å²) in [7, 11) is 0. The lowest BCUT2D eigenvalue weighted by molar-refractivity contribution is -0.125.